The Kier molecular flexibility index (Phi) is 3.70. The molecule has 1 aromatic heterocycles. The minimum absolute atomic E-state index is 0.0350. The van der Waals surface area contributed by atoms with E-state index in [2.05, 4.69) is 4.98 Å². The van der Waals surface area contributed by atoms with Crippen molar-refractivity contribution in [2.45, 2.75) is 13.3 Å². The predicted molar refractivity (Wildman–Crippen MR) is 83.9 cm³/mol. The SMILES string of the molecule is Cc1nc(-c2ccccc2)ccc1C(=O)N1CCCS1(=O)=O. The summed E-state index contributed by atoms with van der Waals surface area (Å²) in [6.45, 7) is 1.98. The fourth-order valence-corrected chi connectivity index (χ4v) is 4.03. The van der Waals surface area contributed by atoms with E-state index in [9.17, 15) is 13.2 Å². The fraction of sp³-hybridized carbons (Fsp3) is 0.250. The highest BCUT2D eigenvalue weighted by molar-refractivity contribution is 7.89. The van der Waals surface area contributed by atoms with Crippen LogP contribution in [0.5, 0.6) is 0 Å². The van der Waals surface area contributed by atoms with E-state index in [4.69, 9.17) is 0 Å². The summed E-state index contributed by atoms with van der Waals surface area (Å²) in [5.41, 5.74) is 2.59. The molecule has 1 saturated heterocycles. The number of aryl methyl sites for hydroxylation is 1. The molecule has 0 unspecified atom stereocenters. The first-order valence-corrected chi connectivity index (χ1v) is 8.68. The lowest BCUT2D eigenvalue weighted by molar-refractivity contribution is 0.0869. The Hall–Kier alpha value is -2.21. The molecule has 0 atom stereocenters. The summed E-state index contributed by atoms with van der Waals surface area (Å²) in [7, 11) is -3.46. The van der Waals surface area contributed by atoms with E-state index in [1.165, 1.54) is 0 Å². The average Bonchev–Trinajstić information content (AvgIpc) is 2.87. The number of pyridine rings is 1. The minimum Gasteiger partial charge on any atom is -0.268 e. The van der Waals surface area contributed by atoms with Gasteiger partial charge in [0.2, 0.25) is 10.0 Å². The Labute approximate surface area is 129 Å². The summed E-state index contributed by atoms with van der Waals surface area (Å²) in [5.74, 6) is -0.449. The number of benzene rings is 1. The maximum atomic E-state index is 12.4. The van der Waals surface area contributed by atoms with Crippen LogP contribution in [0.2, 0.25) is 0 Å². The predicted octanol–water partition coefficient (Wildman–Crippen LogP) is 2.23. The third-order valence-electron chi connectivity index (χ3n) is 3.71. The first-order chi connectivity index (χ1) is 10.5. The molecule has 3 rings (SSSR count). The van der Waals surface area contributed by atoms with Crippen LogP contribution in [0, 0.1) is 6.92 Å². The monoisotopic (exact) mass is 316 g/mol. The Morgan fingerprint density at radius 1 is 1.14 bits per heavy atom. The van der Waals surface area contributed by atoms with Crippen molar-refractivity contribution in [3.05, 3.63) is 53.7 Å². The number of carbonyl (C=O) groups is 1. The van der Waals surface area contributed by atoms with Crippen molar-refractivity contribution in [1.82, 2.24) is 9.29 Å². The zero-order valence-corrected chi connectivity index (χ0v) is 13.0. The maximum Gasteiger partial charge on any atom is 0.269 e. The zero-order valence-electron chi connectivity index (χ0n) is 12.2. The van der Waals surface area contributed by atoms with Gasteiger partial charge < -0.3 is 0 Å². The molecular weight excluding hydrogens is 300 g/mol. The maximum absolute atomic E-state index is 12.4. The van der Waals surface area contributed by atoms with Crippen LogP contribution in [-0.4, -0.2) is 35.9 Å². The molecule has 1 aliphatic rings. The number of nitrogens with zero attached hydrogens (tertiary/aromatic N) is 2. The van der Waals surface area contributed by atoms with Gasteiger partial charge in [-0.3, -0.25) is 9.78 Å². The van der Waals surface area contributed by atoms with Gasteiger partial charge in [-0.1, -0.05) is 30.3 Å². The van der Waals surface area contributed by atoms with Crippen LogP contribution in [-0.2, 0) is 10.0 Å². The molecule has 0 spiro atoms. The van der Waals surface area contributed by atoms with Crippen LogP contribution in [0.4, 0.5) is 0 Å². The molecule has 2 aromatic rings. The second kappa shape index (κ2) is 5.53. The van der Waals surface area contributed by atoms with Crippen molar-refractivity contribution < 1.29 is 13.2 Å². The van der Waals surface area contributed by atoms with E-state index < -0.39 is 15.9 Å². The van der Waals surface area contributed by atoms with Gasteiger partial charge in [0.05, 0.1) is 22.7 Å². The molecule has 1 fully saturated rings. The highest BCUT2D eigenvalue weighted by Gasteiger charge is 2.33. The molecule has 6 heteroatoms. The van der Waals surface area contributed by atoms with Gasteiger partial charge in [-0.05, 0) is 25.5 Å². The van der Waals surface area contributed by atoms with Crippen LogP contribution in [0.1, 0.15) is 22.5 Å². The van der Waals surface area contributed by atoms with Crippen molar-refractivity contribution in [1.29, 1.82) is 0 Å². The van der Waals surface area contributed by atoms with Gasteiger partial charge >= 0.3 is 0 Å². The van der Waals surface area contributed by atoms with E-state index >= 15 is 0 Å². The molecule has 0 N–H and O–H groups in total. The standard InChI is InChI=1S/C16H16N2O3S/c1-12-14(16(19)18-10-5-11-22(18,20)21)8-9-15(17-12)13-6-3-2-4-7-13/h2-4,6-9H,5,10-11H2,1H3. The highest BCUT2D eigenvalue weighted by atomic mass is 32.2. The lowest BCUT2D eigenvalue weighted by Gasteiger charge is -2.16. The van der Waals surface area contributed by atoms with E-state index in [0.717, 1.165) is 15.6 Å². The van der Waals surface area contributed by atoms with Crippen LogP contribution in [0.15, 0.2) is 42.5 Å². The van der Waals surface area contributed by atoms with Crippen LogP contribution < -0.4 is 0 Å². The summed E-state index contributed by atoms with van der Waals surface area (Å²) >= 11 is 0. The van der Waals surface area contributed by atoms with E-state index in [-0.39, 0.29) is 12.3 Å². The third-order valence-corrected chi connectivity index (χ3v) is 5.54. The molecule has 0 radical (unpaired) electrons. The second-order valence-corrected chi connectivity index (χ2v) is 7.26. The number of hydrogen-bond acceptors (Lipinski definition) is 4. The van der Waals surface area contributed by atoms with Gasteiger partial charge in [-0.15, -0.1) is 0 Å². The summed E-state index contributed by atoms with van der Waals surface area (Å²) in [5, 5.41) is 0. The summed E-state index contributed by atoms with van der Waals surface area (Å²) in [4.78, 5) is 16.9. The van der Waals surface area contributed by atoms with E-state index in [0.29, 0.717) is 17.7 Å². The molecule has 114 valence electrons. The molecule has 1 aliphatic heterocycles. The molecule has 5 nitrogen and oxygen atoms in total. The number of rotatable bonds is 2. The zero-order chi connectivity index (χ0) is 15.7. The summed E-state index contributed by atoms with van der Waals surface area (Å²) < 4.78 is 24.7. The molecule has 0 bridgehead atoms. The number of amides is 1. The summed E-state index contributed by atoms with van der Waals surface area (Å²) in [6, 6.07) is 13.0. The van der Waals surface area contributed by atoms with Gasteiger partial charge in [0, 0.05) is 12.1 Å². The lowest BCUT2D eigenvalue weighted by atomic mass is 10.1. The Bertz CT molecular complexity index is 817. The minimum atomic E-state index is -3.46. The molecule has 22 heavy (non-hydrogen) atoms. The number of aromatic nitrogens is 1. The number of hydrogen-bond donors (Lipinski definition) is 0. The molecular formula is C16H16N2O3S. The second-order valence-electron chi connectivity index (χ2n) is 5.24. The van der Waals surface area contributed by atoms with E-state index in [1.54, 1.807) is 19.1 Å². The Morgan fingerprint density at radius 3 is 2.45 bits per heavy atom. The quantitative estimate of drug-likeness (QED) is 0.852. The van der Waals surface area contributed by atoms with Crippen molar-refractivity contribution in [3.8, 4) is 11.3 Å². The highest BCUT2D eigenvalue weighted by Crippen LogP contribution is 2.22. The van der Waals surface area contributed by atoms with Crippen LogP contribution >= 0.6 is 0 Å². The Morgan fingerprint density at radius 2 is 1.86 bits per heavy atom. The molecule has 0 saturated carbocycles. The topological polar surface area (TPSA) is 67.3 Å². The summed E-state index contributed by atoms with van der Waals surface area (Å²) in [6.07, 6.45) is 0.489. The number of carbonyl (C=O) groups excluding carboxylic acids is 1. The van der Waals surface area contributed by atoms with Crippen LogP contribution in [0.25, 0.3) is 11.3 Å². The van der Waals surface area contributed by atoms with Crippen molar-refractivity contribution in [2.24, 2.45) is 0 Å². The van der Waals surface area contributed by atoms with Gasteiger partial charge in [-0.2, -0.15) is 0 Å². The normalized spacial score (nSPS) is 16.7. The first kappa shape index (κ1) is 14.7. The molecule has 1 amide bonds. The lowest BCUT2D eigenvalue weighted by Crippen LogP contribution is -2.33. The van der Waals surface area contributed by atoms with Gasteiger partial charge in [0.1, 0.15) is 0 Å². The van der Waals surface area contributed by atoms with Gasteiger partial charge in [0.15, 0.2) is 0 Å². The largest absolute Gasteiger partial charge is 0.269 e. The van der Waals surface area contributed by atoms with Crippen LogP contribution in [0.3, 0.4) is 0 Å². The van der Waals surface area contributed by atoms with Gasteiger partial charge in [-0.25, -0.2) is 12.7 Å². The van der Waals surface area contributed by atoms with Crippen molar-refractivity contribution in [2.75, 3.05) is 12.3 Å². The molecule has 2 heterocycles. The third kappa shape index (κ3) is 2.62. The number of sulfonamides is 1. The van der Waals surface area contributed by atoms with Gasteiger partial charge in [0.25, 0.3) is 5.91 Å². The van der Waals surface area contributed by atoms with E-state index in [1.807, 2.05) is 30.3 Å². The fourth-order valence-electron chi connectivity index (χ4n) is 2.56. The average molecular weight is 316 g/mol. The van der Waals surface area contributed by atoms with Crippen molar-refractivity contribution >= 4 is 15.9 Å². The molecule has 1 aromatic carbocycles. The Balaban J connectivity index is 1.95. The first-order valence-electron chi connectivity index (χ1n) is 7.07. The smallest absolute Gasteiger partial charge is 0.268 e. The van der Waals surface area contributed by atoms with Crippen molar-refractivity contribution in [3.63, 3.8) is 0 Å². The molecule has 0 aliphatic carbocycles.